The normalized spacial score (nSPS) is 20.5. The van der Waals surface area contributed by atoms with Crippen LogP contribution in [0.2, 0.25) is 0 Å². The molecule has 102 valence electrons. The van der Waals surface area contributed by atoms with Crippen molar-refractivity contribution in [3.05, 3.63) is 16.1 Å². The van der Waals surface area contributed by atoms with Gasteiger partial charge in [0.1, 0.15) is 0 Å². The van der Waals surface area contributed by atoms with Gasteiger partial charge in [-0.05, 0) is 51.7 Å². The van der Waals surface area contributed by atoms with Crippen molar-refractivity contribution in [1.82, 2.24) is 15.2 Å². The molecule has 1 saturated heterocycles. The van der Waals surface area contributed by atoms with Gasteiger partial charge < -0.3 is 5.32 Å². The molecule has 0 saturated carbocycles. The molecule has 1 aromatic heterocycles. The van der Waals surface area contributed by atoms with Gasteiger partial charge in [-0.25, -0.2) is 4.98 Å². The maximum Gasteiger partial charge on any atom is 0.0897 e. The second-order valence-corrected chi connectivity index (χ2v) is 6.37. The first kappa shape index (κ1) is 14.0. The lowest BCUT2D eigenvalue weighted by atomic mass is 9.99. The minimum absolute atomic E-state index is 0.824. The van der Waals surface area contributed by atoms with Crippen LogP contribution in [0.1, 0.15) is 36.9 Å². The molecule has 0 amide bonds. The Morgan fingerprint density at radius 3 is 3.06 bits per heavy atom. The van der Waals surface area contributed by atoms with Crippen molar-refractivity contribution in [2.45, 2.75) is 39.7 Å². The van der Waals surface area contributed by atoms with Crippen molar-refractivity contribution in [3.63, 3.8) is 0 Å². The van der Waals surface area contributed by atoms with Crippen LogP contribution in [0.15, 0.2) is 5.38 Å². The average Bonchev–Trinajstić information content (AvgIpc) is 2.76. The third kappa shape index (κ3) is 4.34. The van der Waals surface area contributed by atoms with E-state index in [0.717, 1.165) is 12.5 Å². The molecule has 0 aromatic carbocycles. The second-order valence-electron chi connectivity index (χ2n) is 5.31. The minimum Gasteiger partial charge on any atom is -0.316 e. The van der Waals surface area contributed by atoms with Crippen LogP contribution in [0.3, 0.4) is 0 Å². The summed E-state index contributed by atoms with van der Waals surface area (Å²) in [7, 11) is 0. The van der Waals surface area contributed by atoms with E-state index in [-0.39, 0.29) is 0 Å². The van der Waals surface area contributed by atoms with Gasteiger partial charge in [-0.15, -0.1) is 11.3 Å². The van der Waals surface area contributed by atoms with Gasteiger partial charge in [-0.3, -0.25) is 4.90 Å². The number of aryl methyl sites for hydroxylation is 1. The van der Waals surface area contributed by atoms with E-state index in [9.17, 15) is 0 Å². The van der Waals surface area contributed by atoms with Crippen molar-refractivity contribution in [2.75, 3.05) is 26.2 Å². The SMILES string of the molecule is CCCN(Cc1csc(C)n1)CC1CCCNC1. The smallest absolute Gasteiger partial charge is 0.0897 e. The highest BCUT2D eigenvalue weighted by Crippen LogP contribution is 2.15. The van der Waals surface area contributed by atoms with Gasteiger partial charge in [0.2, 0.25) is 0 Å². The third-order valence-electron chi connectivity index (χ3n) is 3.51. The van der Waals surface area contributed by atoms with Crippen LogP contribution in [0.4, 0.5) is 0 Å². The zero-order valence-corrected chi connectivity index (χ0v) is 12.4. The lowest BCUT2D eigenvalue weighted by Crippen LogP contribution is -2.38. The number of aromatic nitrogens is 1. The molecule has 1 aliphatic heterocycles. The van der Waals surface area contributed by atoms with Gasteiger partial charge in [0.05, 0.1) is 10.7 Å². The highest BCUT2D eigenvalue weighted by molar-refractivity contribution is 7.09. The summed E-state index contributed by atoms with van der Waals surface area (Å²) >= 11 is 1.76. The molecule has 4 heteroatoms. The predicted octanol–water partition coefficient (Wildman–Crippen LogP) is 2.66. The minimum atomic E-state index is 0.824. The molecule has 2 rings (SSSR count). The molecule has 3 nitrogen and oxygen atoms in total. The average molecular weight is 267 g/mol. The molecule has 0 spiro atoms. The maximum atomic E-state index is 4.59. The monoisotopic (exact) mass is 267 g/mol. The Kier molecular flexibility index (Phi) is 5.60. The zero-order chi connectivity index (χ0) is 12.8. The summed E-state index contributed by atoms with van der Waals surface area (Å²) in [4.78, 5) is 7.16. The van der Waals surface area contributed by atoms with E-state index in [2.05, 4.69) is 34.4 Å². The van der Waals surface area contributed by atoms with Crippen LogP contribution >= 0.6 is 11.3 Å². The quantitative estimate of drug-likeness (QED) is 0.859. The lowest BCUT2D eigenvalue weighted by molar-refractivity contribution is 0.200. The van der Waals surface area contributed by atoms with Crippen LogP contribution < -0.4 is 5.32 Å². The third-order valence-corrected chi connectivity index (χ3v) is 4.33. The number of thiazole rings is 1. The predicted molar refractivity (Wildman–Crippen MR) is 78.0 cm³/mol. The molecule has 1 fully saturated rings. The number of rotatable bonds is 6. The number of piperidine rings is 1. The standard InChI is InChI=1S/C14H25N3S/c1-3-7-17(9-13-5-4-6-15-8-13)10-14-11-18-12(2)16-14/h11,13,15H,3-10H2,1-2H3. The van der Waals surface area contributed by atoms with Crippen molar-refractivity contribution < 1.29 is 0 Å². The molecule has 0 bridgehead atoms. The summed E-state index contributed by atoms with van der Waals surface area (Å²) in [6.45, 7) is 10.2. The number of nitrogens with zero attached hydrogens (tertiary/aromatic N) is 2. The molecule has 1 aromatic rings. The van der Waals surface area contributed by atoms with Crippen molar-refractivity contribution >= 4 is 11.3 Å². The van der Waals surface area contributed by atoms with E-state index < -0.39 is 0 Å². The van der Waals surface area contributed by atoms with Crippen molar-refractivity contribution in [3.8, 4) is 0 Å². The van der Waals surface area contributed by atoms with Crippen LogP contribution in [-0.2, 0) is 6.54 Å². The number of nitrogens with one attached hydrogen (secondary N) is 1. The summed E-state index contributed by atoms with van der Waals surface area (Å²) in [5.41, 5.74) is 1.25. The number of hydrogen-bond acceptors (Lipinski definition) is 4. The maximum absolute atomic E-state index is 4.59. The summed E-state index contributed by atoms with van der Waals surface area (Å²) in [5.74, 6) is 0.824. The topological polar surface area (TPSA) is 28.2 Å². The van der Waals surface area contributed by atoms with E-state index in [1.807, 2.05) is 0 Å². The van der Waals surface area contributed by atoms with Gasteiger partial charge in [-0.1, -0.05) is 6.92 Å². The van der Waals surface area contributed by atoms with Crippen molar-refractivity contribution in [1.29, 1.82) is 0 Å². The van der Waals surface area contributed by atoms with Crippen LogP contribution in [0.25, 0.3) is 0 Å². The Balaban J connectivity index is 1.86. The first-order chi connectivity index (χ1) is 8.78. The number of hydrogen-bond donors (Lipinski definition) is 1. The highest BCUT2D eigenvalue weighted by Gasteiger charge is 2.17. The first-order valence-corrected chi connectivity index (χ1v) is 8.00. The molecule has 0 radical (unpaired) electrons. The van der Waals surface area contributed by atoms with Crippen LogP contribution in [0.5, 0.6) is 0 Å². The molecule has 1 unspecified atom stereocenters. The first-order valence-electron chi connectivity index (χ1n) is 7.12. The Hall–Kier alpha value is -0.450. The van der Waals surface area contributed by atoms with E-state index in [0.29, 0.717) is 0 Å². The second kappa shape index (κ2) is 7.22. The Morgan fingerprint density at radius 1 is 1.56 bits per heavy atom. The van der Waals surface area contributed by atoms with E-state index in [1.165, 1.54) is 56.1 Å². The Bertz CT molecular complexity index is 345. The van der Waals surface area contributed by atoms with Gasteiger partial charge >= 0.3 is 0 Å². The summed E-state index contributed by atoms with van der Waals surface area (Å²) in [6.07, 6.45) is 3.94. The zero-order valence-electron chi connectivity index (χ0n) is 11.6. The highest BCUT2D eigenvalue weighted by atomic mass is 32.1. The summed E-state index contributed by atoms with van der Waals surface area (Å²) in [6, 6.07) is 0. The summed E-state index contributed by atoms with van der Waals surface area (Å²) in [5, 5.41) is 6.90. The lowest BCUT2D eigenvalue weighted by Gasteiger charge is -2.29. The fourth-order valence-corrected chi connectivity index (χ4v) is 3.31. The molecule has 1 atom stereocenters. The molecule has 1 aliphatic rings. The van der Waals surface area contributed by atoms with Crippen LogP contribution in [-0.4, -0.2) is 36.1 Å². The molecule has 0 aliphatic carbocycles. The molecular weight excluding hydrogens is 242 g/mol. The largest absolute Gasteiger partial charge is 0.316 e. The van der Waals surface area contributed by atoms with Gasteiger partial charge in [0.25, 0.3) is 0 Å². The molecular formula is C14H25N3S. The van der Waals surface area contributed by atoms with E-state index in [1.54, 1.807) is 11.3 Å². The fraction of sp³-hybridized carbons (Fsp3) is 0.786. The van der Waals surface area contributed by atoms with Crippen LogP contribution in [0, 0.1) is 12.8 Å². The molecule has 1 N–H and O–H groups in total. The van der Waals surface area contributed by atoms with E-state index in [4.69, 9.17) is 0 Å². The summed E-state index contributed by atoms with van der Waals surface area (Å²) < 4.78 is 0. The Labute approximate surface area is 115 Å². The molecule has 18 heavy (non-hydrogen) atoms. The van der Waals surface area contributed by atoms with E-state index >= 15 is 0 Å². The Morgan fingerprint density at radius 2 is 2.44 bits per heavy atom. The van der Waals surface area contributed by atoms with Gasteiger partial charge in [-0.2, -0.15) is 0 Å². The fourth-order valence-electron chi connectivity index (χ4n) is 2.71. The van der Waals surface area contributed by atoms with Crippen molar-refractivity contribution in [2.24, 2.45) is 5.92 Å². The van der Waals surface area contributed by atoms with Gasteiger partial charge in [0, 0.05) is 18.5 Å². The molecule has 2 heterocycles. The van der Waals surface area contributed by atoms with Gasteiger partial charge in [0.15, 0.2) is 0 Å².